The summed E-state index contributed by atoms with van der Waals surface area (Å²) in [5, 5.41) is 3.73. The summed E-state index contributed by atoms with van der Waals surface area (Å²) in [5.41, 5.74) is 2.62. The van der Waals surface area contributed by atoms with Crippen LogP contribution in [0.15, 0.2) is 84.9 Å². The van der Waals surface area contributed by atoms with Gasteiger partial charge in [-0.2, -0.15) is 0 Å². The molecule has 178 valence electrons. The zero-order valence-electron chi connectivity index (χ0n) is 20.1. The van der Waals surface area contributed by atoms with Crippen molar-refractivity contribution in [2.75, 3.05) is 0 Å². The first-order valence-corrected chi connectivity index (χ1v) is 12.0. The van der Waals surface area contributed by atoms with Crippen LogP contribution in [0.25, 0.3) is 0 Å². The fourth-order valence-electron chi connectivity index (χ4n) is 3.83. The molecule has 1 atom stereocenters. The second-order valence-corrected chi connectivity index (χ2v) is 10.0. The summed E-state index contributed by atoms with van der Waals surface area (Å²) in [6.45, 7) is 6.18. The number of rotatable bonds is 9. The van der Waals surface area contributed by atoms with Gasteiger partial charge in [0.1, 0.15) is 6.04 Å². The van der Waals surface area contributed by atoms with Crippen LogP contribution >= 0.6 is 11.6 Å². The average molecular weight is 477 g/mol. The predicted molar refractivity (Wildman–Crippen MR) is 139 cm³/mol. The van der Waals surface area contributed by atoms with Gasteiger partial charge >= 0.3 is 0 Å². The molecule has 3 aromatic rings. The van der Waals surface area contributed by atoms with Crippen LogP contribution in [0.5, 0.6) is 0 Å². The van der Waals surface area contributed by atoms with Crippen molar-refractivity contribution >= 4 is 23.4 Å². The Morgan fingerprint density at radius 1 is 0.824 bits per heavy atom. The lowest BCUT2D eigenvalue weighted by atomic mass is 10.00. The number of aryl methyl sites for hydroxylation is 1. The molecule has 0 unspecified atom stereocenters. The highest BCUT2D eigenvalue weighted by Crippen LogP contribution is 2.19. The van der Waals surface area contributed by atoms with Gasteiger partial charge in [-0.1, -0.05) is 84.4 Å². The SMILES string of the molecule is CC(C)(C)NC(=O)[C@H](Cc1ccccc1)N(Cc1ccc(Cl)cc1)C(=O)CCc1ccccc1. The molecular weight excluding hydrogens is 444 g/mol. The van der Waals surface area contributed by atoms with Gasteiger partial charge in [0, 0.05) is 29.9 Å². The van der Waals surface area contributed by atoms with E-state index in [-0.39, 0.29) is 11.8 Å². The molecule has 3 aromatic carbocycles. The lowest BCUT2D eigenvalue weighted by Gasteiger charge is -2.34. The molecule has 3 rings (SSSR count). The topological polar surface area (TPSA) is 49.4 Å². The molecule has 0 saturated carbocycles. The highest BCUT2D eigenvalue weighted by molar-refractivity contribution is 6.30. The Bertz CT molecular complexity index is 1060. The van der Waals surface area contributed by atoms with E-state index < -0.39 is 11.6 Å². The largest absolute Gasteiger partial charge is 0.350 e. The third-order valence-corrected chi connectivity index (χ3v) is 5.76. The lowest BCUT2D eigenvalue weighted by Crippen LogP contribution is -2.54. The molecule has 5 heteroatoms. The highest BCUT2D eigenvalue weighted by Gasteiger charge is 2.32. The van der Waals surface area contributed by atoms with Crippen molar-refractivity contribution in [1.29, 1.82) is 0 Å². The van der Waals surface area contributed by atoms with Crippen LogP contribution in [0.2, 0.25) is 5.02 Å². The number of hydrogen-bond acceptors (Lipinski definition) is 2. The molecule has 0 heterocycles. The molecule has 0 fully saturated rings. The number of hydrogen-bond donors (Lipinski definition) is 1. The summed E-state index contributed by atoms with van der Waals surface area (Å²) in [7, 11) is 0. The summed E-state index contributed by atoms with van der Waals surface area (Å²) in [6.07, 6.45) is 1.38. The van der Waals surface area contributed by atoms with Gasteiger partial charge in [0.2, 0.25) is 11.8 Å². The number of amides is 2. The number of benzene rings is 3. The van der Waals surface area contributed by atoms with E-state index >= 15 is 0 Å². The molecule has 1 N–H and O–H groups in total. The van der Waals surface area contributed by atoms with Crippen LogP contribution < -0.4 is 5.32 Å². The summed E-state index contributed by atoms with van der Waals surface area (Å²) in [6, 6.07) is 26.6. The molecule has 0 bridgehead atoms. The van der Waals surface area contributed by atoms with E-state index in [2.05, 4.69) is 5.32 Å². The maximum absolute atomic E-state index is 13.6. The van der Waals surface area contributed by atoms with Gasteiger partial charge in [-0.25, -0.2) is 0 Å². The van der Waals surface area contributed by atoms with Gasteiger partial charge < -0.3 is 10.2 Å². The molecule has 0 aromatic heterocycles. The average Bonchev–Trinajstić information content (AvgIpc) is 2.81. The Balaban J connectivity index is 1.91. The number of nitrogens with zero attached hydrogens (tertiary/aromatic N) is 1. The molecule has 0 aliphatic heterocycles. The van der Waals surface area contributed by atoms with E-state index in [9.17, 15) is 9.59 Å². The molecule has 2 amide bonds. The normalized spacial score (nSPS) is 12.1. The first-order valence-electron chi connectivity index (χ1n) is 11.6. The van der Waals surface area contributed by atoms with E-state index in [1.54, 1.807) is 4.90 Å². The van der Waals surface area contributed by atoms with Crippen LogP contribution in [0.1, 0.15) is 43.9 Å². The Morgan fingerprint density at radius 3 is 1.94 bits per heavy atom. The third-order valence-electron chi connectivity index (χ3n) is 5.51. The number of nitrogens with one attached hydrogen (secondary N) is 1. The maximum Gasteiger partial charge on any atom is 0.243 e. The summed E-state index contributed by atoms with van der Waals surface area (Å²) >= 11 is 6.08. The molecular formula is C29H33ClN2O2. The minimum Gasteiger partial charge on any atom is -0.350 e. The fourth-order valence-corrected chi connectivity index (χ4v) is 3.96. The molecule has 34 heavy (non-hydrogen) atoms. The fraction of sp³-hybridized carbons (Fsp3) is 0.310. The van der Waals surface area contributed by atoms with E-state index in [0.29, 0.717) is 30.8 Å². The van der Waals surface area contributed by atoms with Gasteiger partial charge in [0.25, 0.3) is 0 Å². The first-order chi connectivity index (χ1) is 16.2. The zero-order chi connectivity index (χ0) is 24.6. The number of halogens is 1. The van der Waals surface area contributed by atoms with Crippen molar-refractivity contribution in [2.45, 2.75) is 58.2 Å². The number of carbonyl (C=O) groups is 2. The minimum absolute atomic E-state index is 0.0520. The van der Waals surface area contributed by atoms with Gasteiger partial charge in [0.15, 0.2) is 0 Å². The van der Waals surface area contributed by atoms with Crippen molar-refractivity contribution in [2.24, 2.45) is 0 Å². The van der Waals surface area contributed by atoms with Crippen LogP contribution in [-0.4, -0.2) is 28.3 Å². The summed E-state index contributed by atoms with van der Waals surface area (Å²) in [4.78, 5) is 28.8. The van der Waals surface area contributed by atoms with Crippen molar-refractivity contribution < 1.29 is 9.59 Å². The van der Waals surface area contributed by atoms with Gasteiger partial charge in [0.05, 0.1) is 0 Å². The predicted octanol–water partition coefficient (Wildman–Crippen LogP) is 5.83. The van der Waals surface area contributed by atoms with E-state index in [1.807, 2.05) is 106 Å². The smallest absolute Gasteiger partial charge is 0.243 e. The van der Waals surface area contributed by atoms with Gasteiger partial charge in [-0.05, 0) is 56.0 Å². The van der Waals surface area contributed by atoms with Crippen molar-refractivity contribution in [1.82, 2.24) is 10.2 Å². The van der Waals surface area contributed by atoms with Crippen LogP contribution in [0.4, 0.5) is 0 Å². The lowest BCUT2D eigenvalue weighted by molar-refractivity contribution is -0.141. The highest BCUT2D eigenvalue weighted by atomic mass is 35.5. The molecule has 0 aliphatic carbocycles. The van der Waals surface area contributed by atoms with E-state index in [4.69, 9.17) is 11.6 Å². The number of carbonyl (C=O) groups excluding carboxylic acids is 2. The Kier molecular flexibility index (Phi) is 8.89. The Labute approximate surface area is 207 Å². The van der Waals surface area contributed by atoms with Crippen LogP contribution in [0.3, 0.4) is 0 Å². The van der Waals surface area contributed by atoms with Crippen molar-refractivity contribution in [3.63, 3.8) is 0 Å². The third kappa shape index (κ3) is 8.03. The molecule has 4 nitrogen and oxygen atoms in total. The summed E-state index contributed by atoms with van der Waals surface area (Å²) in [5.74, 6) is -0.206. The van der Waals surface area contributed by atoms with Crippen LogP contribution in [-0.2, 0) is 29.0 Å². The standard InChI is InChI=1S/C29H33ClN2O2/c1-29(2,3)31-28(34)26(20-23-12-8-5-9-13-23)32(21-24-14-17-25(30)18-15-24)27(33)19-16-22-10-6-4-7-11-22/h4-15,17-18,26H,16,19-21H2,1-3H3,(H,31,34)/t26-/m0/s1. The van der Waals surface area contributed by atoms with Crippen molar-refractivity contribution in [3.8, 4) is 0 Å². The van der Waals surface area contributed by atoms with Gasteiger partial charge in [-0.3, -0.25) is 9.59 Å². The molecule has 0 aliphatic rings. The maximum atomic E-state index is 13.6. The van der Waals surface area contributed by atoms with Crippen molar-refractivity contribution in [3.05, 3.63) is 107 Å². The van der Waals surface area contributed by atoms with Gasteiger partial charge in [-0.15, -0.1) is 0 Å². The molecule has 0 saturated heterocycles. The van der Waals surface area contributed by atoms with Crippen LogP contribution in [0, 0.1) is 0 Å². The minimum atomic E-state index is -0.638. The Hall–Kier alpha value is -3.11. The molecule has 0 spiro atoms. The van der Waals surface area contributed by atoms with E-state index in [0.717, 1.165) is 16.7 Å². The first kappa shape index (κ1) is 25.5. The quantitative estimate of drug-likeness (QED) is 0.422. The van der Waals surface area contributed by atoms with E-state index in [1.165, 1.54) is 0 Å². The monoisotopic (exact) mass is 476 g/mol. The Morgan fingerprint density at radius 2 is 1.38 bits per heavy atom. The second-order valence-electron chi connectivity index (χ2n) is 9.58. The second kappa shape index (κ2) is 11.8. The zero-order valence-corrected chi connectivity index (χ0v) is 20.9. The summed E-state index contributed by atoms with van der Waals surface area (Å²) < 4.78 is 0. The molecule has 0 radical (unpaired) electrons.